The fourth-order valence-corrected chi connectivity index (χ4v) is 5.14. The van der Waals surface area contributed by atoms with Crippen LogP contribution in [0.2, 0.25) is 0 Å². The van der Waals surface area contributed by atoms with Gasteiger partial charge in [-0.3, -0.25) is 0 Å². The molecule has 2 aliphatic rings. The van der Waals surface area contributed by atoms with Crippen LogP contribution in [0.15, 0.2) is 36.7 Å². The average Bonchev–Trinajstić information content (AvgIpc) is 3.09. The molecule has 134 valence electrons. The van der Waals surface area contributed by atoms with Crippen molar-refractivity contribution in [2.45, 2.75) is 38.0 Å². The van der Waals surface area contributed by atoms with Crippen molar-refractivity contribution in [2.75, 3.05) is 13.1 Å². The molecule has 0 amide bonds. The van der Waals surface area contributed by atoms with E-state index in [0.717, 1.165) is 36.7 Å². The van der Waals surface area contributed by atoms with Crippen LogP contribution in [-0.4, -0.2) is 40.6 Å². The molecule has 25 heavy (non-hydrogen) atoms. The van der Waals surface area contributed by atoms with Gasteiger partial charge in [0.2, 0.25) is 10.0 Å². The number of rotatable bonds is 7. The molecule has 0 N–H and O–H groups in total. The normalized spacial score (nSPS) is 21.7. The first-order chi connectivity index (χ1) is 12.1. The Bertz CT molecular complexity index is 815. The van der Waals surface area contributed by atoms with E-state index in [2.05, 4.69) is 14.8 Å². The third-order valence-electron chi connectivity index (χ3n) is 5.15. The summed E-state index contributed by atoms with van der Waals surface area (Å²) in [6, 6.07) is 9.39. The van der Waals surface area contributed by atoms with Crippen LogP contribution in [0.5, 0.6) is 0 Å². The van der Waals surface area contributed by atoms with Crippen molar-refractivity contribution < 1.29 is 8.42 Å². The molecule has 1 saturated heterocycles. The van der Waals surface area contributed by atoms with Crippen LogP contribution in [0.1, 0.15) is 30.7 Å². The second-order valence-corrected chi connectivity index (χ2v) is 9.27. The van der Waals surface area contributed by atoms with Crippen molar-refractivity contribution in [3.05, 3.63) is 48.0 Å². The lowest BCUT2D eigenvalue weighted by Crippen LogP contribution is -2.30. The minimum atomic E-state index is -3.25. The summed E-state index contributed by atoms with van der Waals surface area (Å²) in [6.07, 6.45) is 6.11. The zero-order valence-electron chi connectivity index (χ0n) is 14.3. The lowest BCUT2D eigenvalue weighted by Gasteiger charge is -2.17. The monoisotopic (exact) mass is 360 g/mol. The van der Waals surface area contributed by atoms with Gasteiger partial charge >= 0.3 is 0 Å². The van der Waals surface area contributed by atoms with Crippen molar-refractivity contribution in [3.8, 4) is 0 Å². The molecular weight excluding hydrogens is 336 g/mol. The Hall–Kier alpha value is -1.73. The Morgan fingerprint density at radius 1 is 1.08 bits per heavy atom. The number of benzene rings is 1. The van der Waals surface area contributed by atoms with Crippen molar-refractivity contribution in [1.82, 2.24) is 19.1 Å². The maximum absolute atomic E-state index is 12.7. The van der Waals surface area contributed by atoms with E-state index < -0.39 is 10.0 Å². The maximum atomic E-state index is 12.7. The molecule has 1 aromatic heterocycles. The van der Waals surface area contributed by atoms with E-state index in [9.17, 15) is 8.42 Å². The van der Waals surface area contributed by atoms with Gasteiger partial charge in [0.15, 0.2) is 0 Å². The van der Waals surface area contributed by atoms with Crippen LogP contribution >= 0.6 is 0 Å². The number of sulfonamides is 1. The molecule has 0 bridgehead atoms. The first kappa shape index (κ1) is 16.7. The lowest BCUT2D eigenvalue weighted by molar-refractivity contribution is 0.447. The molecule has 7 heteroatoms. The molecule has 4 rings (SSSR count). The van der Waals surface area contributed by atoms with Crippen LogP contribution in [0.3, 0.4) is 0 Å². The smallest absolute Gasteiger partial charge is 0.218 e. The van der Waals surface area contributed by atoms with Gasteiger partial charge in [-0.2, -0.15) is 0 Å². The summed E-state index contributed by atoms with van der Waals surface area (Å²) in [5.74, 6) is 2.19. The second kappa shape index (κ2) is 6.88. The molecule has 2 fully saturated rings. The topological polar surface area (TPSA) is 68.1 Å². The van der Waals surface area contributed by atoms with E-state index in [1.54, 1.807) is 4.31 Å². The van der Waals surface area contributed by atoms with Gasteiger partial charge in [0.25, 0.3) is 0 Å². The quantitative estimate of drug-likeness (QED) is 0.758. The molecule has 2 aromatic rings. The van der Waals surface area contributed by atoms with Gasteiger partial charge in [-0.05, 0) is 36.7 Å². The predicted molar refractivity (Wildman–Crippen MR) is 95.2 cm³/mol. The van der Waals surface area contributed by atoms with E-state index >= 15 is 0 Å². The average molecular weight is 360 g/mol. The van der Waals surface area contributed by atoms with Crippen LogP contribution in [0, 0.1) is 11.8 Å². The molecule has 1 aromatic carbocycles. The Balaban J connectivity index is 1.37. The Morgan fingerprint density at radius 3 is 2.64 bits per heavy atom. The first-order valence-corrected chi connectivity index (χ1v) is 10.6. The highest BCUT2D eigenvalue weighted by Gasteiger charge is 2.32. The molecule has 0 radical (unpaired) electrons. The first-order valence-electron chi connectivity index (χ1n) is 8.98. The molecule has 1 aliphatic carbocycles. The van der Waals surface area contributed by atoms with Gasteiger partial charge in [0.1, 0.15) is 12.2 Å². The van der Waals surface area contributed by atoms with E-state index in [4.69, 9.17) is 0 Å². The highest BCUT2D eigenvalue weighted by Crippen LogP contribution is 2.31. The van der Waals surface area contributed by atoms with Crippen LogP contribution in [0.4, 0.5) is 0 Å². The Morgan fingerprint density at radius 2 is 1.88 bits per heavy atom. The summed E-state index contributed by atoms with van der Waals surface area (Å²) in [4.78, 5) is 0. The van der Waals surface area contributed by atoms with Crippen LogP contribution in [-0.2, 0) is 28.7 Å². The molecule has 0 spiro atoms. The van der Waals surface area contributed by atoms with Crippen molar-refractivity contribution >= 4 is 10.0 Å². The van der Waals surface area contributed by atoms with Crippen LogP contribution < -0.4 is 0 Å². The number of hydrogen-bond acceptors (Lipinski definition) is 4. The van der Waals surface area contributed by atoms with Gasteiger partial charge < -0.3 is 4.57 Å². The van der Waals surface area contributed by atoms with Gasteiger partial charge in [0, 0.05) is 26.1 Å². The zero-order valence-corrected chi connectivity index (χ0v) is 15.1. The maximum Gasteiger partial charge on any atom is 0.218 e. The third kappa shape index (κ3) is 4.10. The summed E-state index contributed by atoms with van der Waals surface area (Å²) in [7, 11) is -3.25. The zero-order chi connectivity index (χ0) is 17.3. The standard InChI is InChI=1S/C18H24N4O2S/c23-25(24,13-16-4-2-1-3-5-16)22-9-8-17(12-22)10-18-20-19-14-21(18)11-15-6-7-15/h1-5,14-15,17H,6-13H2. The SMILES string of the molecule is O=S(=O)(Cc1ccccc1)N1CCC(Cc2nncn2CC2CC2)C1. The summed E-state index contributed by atoms with van der Waals surface area (Å²) in [6.45, 7) is 2.20. The number of aromatic nitrogens is 3. The number of nitrogens with zero attached hydrogens (tertiary/aromatic N) is 4. The van der Waals surface area contributed by atoms with Crippen molar-refractivity contribution in [3.63, 3.8) is 0 Å². The fourth-order valence-electron chi connectivity index (χ4n) is 3.52. The summed E-state index contributed by atoms with van der Waals surface area (Å²) >= 11 is 0. The molecule has 1 atom stereocenters. The van der Waals surface area contributed by atoms with Crippen molar-refractivity contribution in [1.29, 1.82) is 0 Å². The number of hydrogen-bond donors (Lipinski definition) is 0. The summed E-state index contributed by atoms with van der Waals surface area (Å²) in [5.41, 5.74) is 0.843. The van der Waals surface area contributed by atoms with Gasteiger partial charge in [-0.1, -0.05) is 30.3 Å². The van der Waals surface area contributed by atoms with Gasteiger partial charge in [-0.25, -0.2) is 12.7 Å². The third-order valence-corrected chi connectivity index (χ3v) is 6.97. The Kier molecular flexibility index (Phi) is 4.60. The Labute approximate surface area is 148 Å². The van der Waals surface area contributed by atoms with E-state index in [0.29, 0.717) is 19.0 Å². The van der Waals surface area contributed by atoms with E-state index in [-0.39, 0.29) is 5.75 Å². The molecular formula is C18H24N4O2S. The van der Waals surface area contributed by atoms with E-state index in [1.807, 2.05) is 36.7 Å². The van der Waals surface area contributed by atoms with E-state index in [1.165, 1.54) is 12.8 Å². The highest BCUT2D eigenvalue weighted by molar-refractivity contribution is 7.88. The van der Waals surface area contributed by atoms with Gasteiger partial charge in [-0.15, -0.1) is 10.2 Å². The second-order valence-electron chi connectivity index (χ2n) is 7.30. The van der Waals surface area contributed by atoms with Gasteiger partial charge in [0.05, 0.1) is 5.75 Å². The largest absolute Gasteiger partial charge is 0.317 e. The van der Waals surface area contributed by atoms with Crippen LogP contribution in [0.25, 0.3) is 0 Å². The molecule has 1 saturated carbocycles. The summed E-state index contributed by atoms with van der Waals surface area (Å²) in [5, 5.41) is 8.31. The predicted octanol–water partition coefficient (Wildman–Crippen LogP) is 2.08. The molecule has 2 heterocycles. The fraction of sp³-hybridized carbons (Fsp3) is 0.556. The molecule has 6 nitrogen and oxygen atoms in total. The molecule has 1 unspecified atom stereocenters. The summed E-state index contributed by atoms with van der Waals surface area (Å²) < 4.78 is 29.1. The van der Waals surface area contributed by atoms with Crippen molar-refractivity contribution in [2.24, 2.45) is 11.8 Å². The lowest BCUT2D eigenvalue weighted by atomic mass is 10.0. The highest BCUT2D eigenvalue weighted by atomic mass is 32.2. The minimum Gasteiger partial charge on any atom is -0.317 e. The minimum absolute atomic E-state index is 0.0818. The molecule has 1 aliphatic heterocycles.